The number of hydrogen-bond acceptors (Lipinski definition) is 3. The Morgan fingerprint density at radius 1 is 1.00 bits per heavy atom. The molecule has 0 aliphatic rings. The Hall–Kier alpha value is -2.79. The van der Waals surface area contributed by atoms with Gasteiger partial charge in [0.05, 0.1) is 12.1 Å². The van der Waals surface area contributed by atoms with Crippen LogP contribution in [0.5, 0.6) is 5.75 Å². The lowest BCUT2D eigenvalue weighted by molar-refractivity contribution is 0.132. The summed E-state index contributed by atoms with van der Waals surface area (Å²) in [5.74, 6) is 0.798. The molecule has 1 aromatic heterocycles. The Balaban J connectivity index is 1.61. The lowest BCUT2D eigenvalue weighted by Crippen LogP contribution is -2.33. The highest BCUT2D eigenvalue weighted by Gasteiger charge is 2.23. The first-order valence-electron chi connectivity index (χ1n) is 10.0. The third kappa shape index (κ3) is 4.51. The van der Waals surface area contributed by atoms with Gasteiger partial charge < -0.3 is 19.7 Å². The normalized spacial score (nSPS) is 13.3. The van der Waals surface area contributed by atoms with E-state index in [2.05, 4.69) is 28.1 Å². The third-order valence-electron chi connectivity index (χ3n) is 5.20. The highest BCUT2D eigenvalue weighted by Crippen LogP contribution is 2.30. The van der Waals surface area contributed by atoms with Gasteiger partial charge in [-0.25, -0.2) is 0 Å². The summed E-state index contributed by atoms with van der Waals surface area (Å²) in [6.07, 6.45) is 1.47. The van der Waals surface area contributed by atoms with Crippen LogP contribution in [0.15, 0.2) is 85.1 Å². The van der Waals surface area contributed by atoms with Crippen LogP contribution < -0.4 is 10.1 Å². The Kier molecular flexibility index (Phi) is 6.38. The van der Waals surface area contributed by atoms with Gasteiger partial charge in [-0.1, -0.05) is 54.1 Å². The number of aromatic nitrogens is 1. The van der Waals surface area contributed by atoms with Crippen molar-refractivity contribution in [2.45, 2.75) is 18.8 Å². The molecule has 3 aromatic carbocycles. The molecule has 0 saturated heterocycles. The second kappa shape index (κ2) is 9.35. The van der Waals surface area contributed by atoms with Gasteiger partial charge in [0.2, 0.25) is 0 Å². The maximum absolute atomic E-state index is 10.9. The standard InChI is InChI=1S/C25H25ClN2O2/c1-27-16-24(29)25(19-7-3-2-4-8-19)28-13-12-20-15-22(10-11-23(20)28)30-17-18-6-5-9-21(26)14-18/h2-15,24-25,27,29H,16-17H2,1H3. The number of ether oxygens (including phenoxy) is 1. The molecule has 1 heterocycles. The fourth-order valence-electron chi connectivity index (χ4n) is 3.81. The van der Waals surface area contributed by atoms with E-state index < -0.39 is 6.10 Å². The van der Waals surface area contributed by atoms with Gasteiger partial charge in [0.15, 0.2) is 0 Å². The lowest BCUT2D eigenvalue weighted by Gasteiger charge is -2.26. The molecule has 0 aliphatic carbocycles. The van der Waals surface area contributed by atoms with E-state index in [0.717, 1.165) is 27.8 Å². The van der Waals surface area contributed by atoms with Crippen LogP contribution in [-0.4, -0.2) is 29.4 Å². The van der Waals surface area contributed by atoms with Crippen LogP contribution in [0.1, 0.15) is 17.2 Å². The van der Waals surface area contributed by atoms with Crippen LogP contribution in [0, 0.1) is 0 Å². The van der Waals surface area contributed by atoms with E-state index in [4.69, 9.17) is 16.3 Å². The maximum atomic E-state index is 10.9. The van der Waals surface area contributed by atoms with Gasteiger partial charge in [0, 0.05) is 28.7 Å². The van der Waals surface area contributed by atoms with Crippen molar-refractivity contribution in [1.82, 2.24) is 9.88 Å². The second-order valence-electron chi connectivity index (χ2n) is 7.34. The maximum Gasteiger partial charge on any atom is 0.120 e. The number of benzene rings is 3. The Morgan fingerprint density at radius 3 is 2.60 bits per heavy atom. The minimum absolute atomic E-state index is 0.186. The van der Waals surface area contributed by atoms with E-state index >= 15 is 0 Å². The van der Waals surface area contributed by atoms with Crippen molar-refractivity contribution in [1.29, 1.82) is 0 Å². The van der Waals surface area contributed by atoms with Crippen LogP contribution in [0.3, 0.4) is 0 Å². The fraction of sp³-hybridized carbons (Fsp3) is 0.200. The van der Waals surface area contributed by atoms with Crippen LogP contribution in [0.4, 0.5) is 0 Å². The van der Waals surface area contributed by atoms with Crippen molar-refractivity contribution >= 4 is 22.5 Å². The highest BCUT2D eigenvalue weighted by atomic mass is 35.5. The first-order valence-corrected chi connectivity index (χ1v) is 10.4. The summed E-state index contributed by atoms with van der Waals surface area (Å²) in [7, 11) is 1.85. The van der Waals surface area contributed by atoms with Crippen molar-refractivity contribution in [2.24, 2.45) is 0 Å². The van der Waals surface area contributed by atoms with Crippen molar-refractivity contribution in [3.63, 3.8) is 0 Å². The van der Waals surface area contributed by atoms with Crippen molar-refractivity contribution in [3.8, 4) is 5.75 Å². The smallest absolute Gasteiger partial charge is 0.120 e. The van der Waals surface area contributed by atoms with Crippen molar-refractivity contribution in [2.75, 3.05) is 13.6 Å². The van der Waals surface area contributed by atoms with Gasteiger partial charge in [-0.2, -0.15) is 0 Å². The van der Waals surface area contributed by atoms with Crippen molar-refractivity contribution < 1.29 is 9.84 Å². The summed E-state index contributed by atoms with van der Waals surface area (Å²) in [4.78, 5) is 0. The van der Waals surface area contributed by atoms with E-state index in [1.165, 1.54) is 0 Å². The number of hydrogen-bond donors (Lipinski definition) is 2. The highest BCUT2D eigenvalue weighted by molar-refractivity contribution is 6.30. The zero-order valence-electron chi connectivity index (χ0n) is 16.8. The molecule has 4 rings (SSSR count). The Labute approximate surface area is 181 Å². The summed E-state index contributed by atoms with van der Waals surface area (Å²) in [6.45, 7) is 0.959. The molecule has 0 aliphatic heterocycles. The van der Waals surface area contributed by atoms with E-state index in [-0.39, 0.29) is 6.04 Å². The minimum atomic E-state index is -0.563. The number of halogens is 1. The van der Waals surface area contributed by atoms with Gasteiger partial charge in [0.1, 0.15) is 12.4 Å². The summed E-state index contributed by atoms with van der Waals surface area (Å²) < 4.78 is 8.10. The zero-order valence-corrected chi connectivity index (χ0v) is 17.6. The molecular weight excluding hydrogens is 396 g/mol. The SMILES string of the molecule is CNCC(O)C(c1ccccc1)n1ccc2cc(OCc3cccc(Cl)c3)ccc21. The van der Waals surface area contributed by atoms with Crippen LogP contribution >= 0.6 is 11.6 Å². The van der Waals surface area contributed by atoms with E-state index in [1.807, 2.05) is 73.9 Å². The number of nitrogens with zero attached hydrogens (tertiary/aromatic N) is 1. The summed E-state index contributed by atoms with van der Waals surface area (Å²) in [5, 5.41) is 15.7. The number of aliphatic hydroxyl groups is 1. The van der Waals surface area contributed by atoms with E-state index in [1.54, 1.807) is 0 Å². The topological polar surface area (TPSA) is 46.4 Å². The first kappa shape index (κ1) is 20.5. The number of aliphatic hydroxyl groups excluding tert-OH is 1. The Morgan fingerprint density at radius 2 is 1.83 bits per heavy atom. The monoisotopic (exact) mass is 420 g/mol. The average molecular weight is 421 g/mol. The summed E-state index contributed by atoms with van der Waals surface area (Å²) >= 11 is 6.05. The molecule has 2 N–H and O–H groups in total. The molecule has 4 aromatic rings. The van der Waals surface area contributed by atoms with Gasteiger partial charge in [0.25, 0.3) is 0 Å². The number of fused-ring (bicyclic) bond motifs is 1. The molecule has 0 radical (unpaired) electrons. The van der Waals surface area contributed by atoms with Gasteiger partial charge in [-0.15, -0.1) is 0 Å². The predicted octanol–water partition coefficient (Wildman–Crippen LogP) is 5.04. The fourth-order valence-corrected chi connectivity index (χ4v) is 4.02. The molecule has 30 heavy (non-hydrogen) atoms. The van der Waals surface area contributed by atoms with Crippen LogP contribution in [0.2, 0.25) is 5.02 Å². The second-order valence-corrected chi connectivity index (χ2v) is 7.78. The molecule has 0 bridgehead atoms. The zero-order chi connectivity index (χ0) is 20.9. The molecule has 2 atom stereocenters. The lowest BCUT2D eigenvalue weighted by atomic mass is 10.0. The summed E-state index contributed by atoms with van der Waals surface area (Å²) in [6, 6.07) is 25.7. The molecule has 0 spiro atoms. The van der Waals surface area contributed by atoms with Crippen molar-refractivity contribution in [3.05, 3.63) is 101 Å². The number of rotatable bonds is 8. The summed E-state index contributed by atoms with van der Waals surface area (Å²) in [5.41, 5.74) is 3.15. The largest absolute Gasteiger partial charge is 0.489 e. The molecule has 4 nitrogen and oxygen atoms in total. The van der Waals surface area contributed by atoms with Gasteiger partial charge in [-0.3, -0.25) is 0 Å². The molecule has 2 unspecified atom stereocenters. The Bertz CT molecular complexity index is 1110. The predicted molar refractivity (Wildman–Crippen MR) is 122 cm³/mol. The van der Waals surface area contributed by atoms with Gasteiger partial charge >= 0.3 is 0 Å². The number of nitrogens with one attached hydrogen (secondary N) is 1. The van der Waals surface area contributed by atoms with E-state index in [9.17, 15) is 5.11 Å². The average Bonchev–Trinajstić information content (AvgIpc) is 3.16. The molecule has 154 valence electrons. The van der Waals surface area contributed by atoms with Gasteiger partial charge in [-0.05, 0) is 54.6 Å². The third-order valence-corrected chi connectivity index (χ3v) is 5.44. The molecule has 5 heteroatoms. The van der Waals surface area contributed by atoms with Crippen LogP contribution in [-0.2, 0) is 6.61 Å². The van der Waals surface area contributed by atoms with Crippen LogP contribution in [0.25, 0.3) is 10.9 Å². The first-order chi connectivity index (χ1) is 14.7. The molecule has 0 amide bonds. The quantitative estimate of drug-likeness (QED) is 0.419. The molecular formula is C25H25ClN2O2. The molecule has 0 fully saturated rings. The van der Waals surface area contributed by atoms with E-state index in [0.29, 0.717) is 18.2 Å². The minimum Gasteiger partial charge on any atom is -0.489 e. The molecule has 0 saturated carbocycles. The number of likely N-dealkylation sites (N-methyl/N-ethyl adjacent to an activating group) is 1.